The number of amides is 1. The maximum Gasteiger partial charge on any atom is 0.260 e. The molecule has 0 bridgehead atoms. The predicted molar refractivity (Wildman–Crippen MR) is 104 cm³/mol. The van der Waals surface area contributed by atoms with Crippen LogP contribution in [-0.2, 0) is 4.79 Å². The van der Waals surface area contributed by atoms with Crippen LogP contribution in [-0.4, -0.2) is 42.3 Å². The summed E-state index contributed by atoms with van der Waals surface area (Å²) in [4.78, 5) is 14.0. The first-order valence-corrected chi connectivity index (χ1v) is 10.1. The molecule has 24 heavy (non-hydrogen) atoms. The van der Waals surface area contributed by atoms with Gasteiger partial charge in [-0.05, 0) is 31.0 Å². The number of carbonyl (C=O) groups excluding carboxylic acids is 1. The fraction of sp³-hybridized carbons (Fsp3) is 0.588. The molecule has 1 heterocycles. The molecule has 1 N–H and O–H groups in total. The molecular formula is C17H26Cl2N2O2S. The number of halogens is 2. The Labute approximate surface area is 159 Å². The van der Waals surface area contributed by atoms with Gasteiger partial charge in [-0.1, -0.05) is 55.9 Å². The lowest BCUT2D eigenvalue weighted by molar-refractivity contribution is -0.134. The summed E-state index contributed by atoms with van der Waals surface area (Å²) in [6.45, 7) is 7.65. The predicted octanol–water partition coefficient (Wildman–Crippen LogP) is 4.65. The zero-order valence-corrected chi connectivity index (χ0v) is 16.8. The Kier molecular flexibility index (Phi) is 10.6. The lowest BCUT2D eigenvalue weighted by atomic mass is 10.1. The first kappa shape index (κ1) is 21.4. The van der Waals surface area contributed by atoms with Crippen molar-refractivity contribution in [2.45, 2.75) is 39.7 Å². The summed E-state index contributed by atoms with van der Waals surface area (Å²) >= 11 is 13.6. The van der Waals surface area contributed by atoms with Gasteiger partial charge in [0, 0.05) is 29.9 Å². The van der Waals surface area contributed by atoms with Crippen molar-refractivity contribution in [2.75, 3.05) is 25.4 Å². The highest BCUT2D eigenvalue weighted by Gasteiger charge is 2.22. The molecule has 0 radical (unpaired) electrons. The van der Waals surface area contributed by atoms with Crippen molar-refractivity contribution >= 4 is 41.1 Å². The van der Waals surface area contributed by atoms with E-state index in [-0.39, 0.29) is 12.5 Å². The second-order valence-corrected chi connectivity index (χ2v) is 7.01. The van der Waals surface area contributed by atoms with Gasteiger partial charge in [0.2, 0.25) is 0 Å². The Morgan fingerprint density at radius 2 is 2.00 bits per heavy atom. The van der Waals surface area contributed by atoms with Crippen molar-refractivity contribution in [2.24, 2.45) is 0 Å². The minimum absolute atomic E-state index is 0.00313. The molecule has 0 saturated carbocycles. The largest absolute Gasteiger partial charge is 0.482 e. The molecule has 1 fully saturated rings. The molecule has 1 aliphatic heterocycles. The van der Waals surface area contributed by atoms with Gasteiger partial charge in [0.1, 0.15) is 5.75 Å². The van der Waals surface area contributed by atoms with Gasteiger partial charge in [-0.3, -0.25) is 9.52 Å². The van der Waals surface area contributed by atoms with Crippen LogP contribution in [0.3, 0.4) is 0 Å². The summed E-state index contributed by atoms with van der Waals surface area (Å²) in [6, 6.07) is 5.46. The molecule has 0 spiro atoms. The number of benzene rings is 1. The van der Waals surface area contributed by atoms with E-state index in [9.17, 15) is 4.79 Å². The van der Waals surface area contributed by atoms with E-state index in [4.69, 9.17) is 27.9 Å². The topological polar surface area (TPSA) is 41.6 Å². The van der Waals surface area contributed by atoms with Crippen molar-refractivity contribution in [3.8, 4) is 5.75 Å². The van der Waals surface area contributed by atoms with E-state index in [1.54, 1.807) is 30.1 Å². The highest BCUT2D eigenvalue weighted by atomic mass is 35.5. The standard InChI is InChI=1S/C15H20Cl2N2O2S.C2H6/c1-2-22-18-12-5-7-19(8-6-12)15(20)10-21-14-4-3-11(16)9-13(14)17;1-2/h3-4,9,12,18H,2,5-8,10H2,1H3;1-2H3. The fourth-order valence-corrected chi connectivity index (χ4v) is 3.37. The Balaban J connectivity index is 0.00000139. The van der Waals surface area contributed by atoms with Crippen molar-refractivity contribution in [3.63, 3.8) is 0 Å². The third-order valence-corrected chi connectivity index (χ3v) is 4.81. The molecule has 2 rings (SSSR count). The average Bonchev–Trinajstić information content (AvgIpc) is 2.61. The molecule has 7 heteroatoms. The molecule has 0 atom stereocenters. The second kappa shape index (κ2) is 11.9. The number of likely N-dealkylation sites (tertiary alicyclic amines) is 1. The van der Waals surface area contributed by atoms with E-state index in [0.29, 0.717) is 21.8 Å². The summed E-state index contributed by atoms with van der Waals surface area (Å²) in [5.41, 5.74) is 0. The van der Waals surface area contributed by atoms with E-state index in [1.165, 1.54) is 0 Å². The molecule has 136 valence electrons. The van der Waals surface area contributed by atoms with Crippen LogP contribution >= 0.6 is 35.1 Å². The number of hydrogen-bond donors (Lipinski definition) is 1. The summed E-state index contributed by atoms with van der Waals surface area (Å²) in [5, 5.41) is 0.961. The van der Waals surface area contributed by atoms with Crippen molar-refractivity contribution in [1.29, 1.82) is 0 Å². The van der Waals surface area contributed by atoms with Crippen LogP contribution in [0, 0.1) is 0 Å². The summed E-state index contributed by atoms with van der Waals surface area (Å²) in [5.74, 6) is 1.53. The SMILES string of the molecule is CC.CCSNC1CCN(C(=O)COc2ccc(Cl)cc2Cl)CC1. The monoisotopic (exact) mass is 392 g/mol. The van der Waals surface area contributed by atoms with Crippen LogP contribution < -0.4 is 9.46 Å². The molecule has 1 aromatic rings. The van der Waals surface area contributed by atoms with Gasteiger partial charge in [0.25, 0.3) is 5.91 Å². The molecular weight excluding hydrogens is 367 g/mol. The zero-order chi connectivity index (χ0) is 17.9. The van der Waals surface area contributed by atoms with Crippen LogP contribution in [0.15, 0.2) is 18.2 Å². The van der Waals surface area contributed by atoms with Gasteiger partial charge >= 0.3 is 0 Å². The highest BCUT2D eigenvalue weighted by Crippen LogP contribution is 2.27. The molecule has 1 amide bonds. The normalized spacial score (nSPS) is 14.8. The maximum absolute atomic E-state index is 12.2. The molecule has 0 unspecified atom stereocenters. The van der Waals surface area contributed by atoms with Gasteiger partial charge < -0.3 is 9.64 Å². The smallest absolute Gasteiger partial charge is 0.260 e. The van der Waals surface area contributed by atoms with Gasteiger partial charge in [-0.15, -0.1) is 0 Å². The van der Waals surface area contributed by atoms with Crippen LogP contribution in [0.5, 0.6) is 5.75 Å². The quantitative estimate of drug-likeness (QED) is 0.715. The molecule has 0 aromatic heterocycles. The van der Waals surface area contributed by atoms with Crippen molar-refractivity contribution < 1.29 is 9.53 Å². The summed E-state index contributed by atoms with van der Waals surface area (Å²) in [7, 11) is 0. The van der Waals surface area contributed by atoms with Crippen LogP contribution in [0.4, 0.5) is 0 Å². The average molecular weight is 393 g/mol. The Hall–Kier alpha value is -0.620. The first-order valence-electron chi connectivity index (χ1n) is 8.33. The van der Waals surface area contributed by atoms with Crippen LogP contribution in [0.2, 0.25) is 10.0 Å². The van der Waals surface area contributed by atoms with E-state index in [0.717, 1.165) is 31.7 Å². The number of piperidine rings is 1. The third kappa shape index (κ3) is 7.09. The highest BCUT2D eigenvalue weighted by molar-refractivity contribution is 7.97. The minimum Gasteiger partial charge on any atom is -0.482 e. The van der Waals surface area contributed by atoms with Gasteiger partial charge in [-0.2, -0.15) is 0 Å². The number of ether oxygens (including phenoxy) is 1. The minimum atomic E-state index is -0.00684. The fourth-order valence-electron chi connectivity index (χ4n) is 2.27. The van der Waals surface area contributed by atoms with E-state index in [1.807, 2.05) is 18.7 Å². The van der Waals surface area contributed by atoms with E-state index in [2.05, 4.69) is 11.6 Å². The Morgan fingerprint density at radius 3 is 2.58 bits per heavy atom. The number of rotatable bonds is 6. The van der Waals surface area contributed by atoms with Crippen molar-refractivity contribution in [3.05, 3.63) is 28.2 Å². The Bertz CT molecular complexity index is 509. The molecule has 4 nitrogen and oxygen atoms in total. The summed E-state index contributed by atoms with van der Waals surface area (Å²) in [6.07, 6.45) is 1.95. The van der Waals surface area contributed by atoms with E-state index < -0.39 is 0 Å². The third-order valence-electron chi connectivity index (χ3n) is 3.49. The molecule has 1 saturated heterocycles. The van der Waals surface area contributed by atoms with E-state index >= 15 is 0 Å². The number of carbonyl (C=O) groups is 1. The van der Waals surface area contributed by atoms with Gasteiger partial charge in [0.15, 0.2) is 6.61 Å². The first-order chi connectivity index (χ1) is 11.6. The number of hydrogen-bond acceptors (Lipinski definition) is 4. The van der Waals surface area contributed by atoms with Crippen LogP contribution in [0.1, 0.15) is 33.6 Å². The maximum atomic E-state index is 12.2. The lowest BCUT2D eigenvalue weighted by Crippen LogP contribution is -2.45. The number of nitrogens with zero attached hydrogens (tertiary/aromatic N) is 1. The van der Waals surface area contributed by atoms with Crippen LogP contribution in [0.25, 0.3) is 0 Å². The molecule has 1 aliphatic rings. The zero-order valence-electron chi connectivity index (χ0n) is 14.5. The van der Waals surface area contributed by atoms with Gasteiger partial charge in [-0.25, -0.2) is 0 Å². The van der Waals surface area contributed by atoms with Gasteiger partial charge in [0.05, 0.1) is 5.02 Å². The second-order valence-electron chi connectivity index (χ2n) is 5.07. The molecule has 0 aliphatic carbocycles. The number of nitrogens with one attached hydrogen (secondary N) is 1. The Morgan fingerprint density at radius 1 is 1.33 bits per heavy atom. The lowest BCUT2D eigenvalue weighted by Gasteiger charge is -2.32. The molecule has 1 aromatic carbocycles. The summed E-state index contributed by atoms with van der Waals surface area (Å²) < 4.78 is 8.92. The van der Waals surface area contributed by atoms with Crippen molar-refractivity contribution in [1.82, 2.24) is 9.62 Å².